The van der Waals surface area contributed by atoms with Crippen molar-refractivity contribution in [2.24, 2.45) is 0 Å². The van der Waals surface area contributed by atoms with Crippen molar-refractivity contribution in [3.8, 4) is 5.75 Å². The second-order valence-electron chi connectivity index (χ2n) is 9.46. The van der Waals surface area contributed by atoms with Crippen LogP contribution in [0.4, 0.5) is 0 Å². The number of carboxylic acids is 1. The zero-order valence-corrected chi connectivity index (χ0v) is 21.6. The maximum absolute atomic E-state index is 11.2. The Kier molecular flexibility index (Phi) is 7.69. The maximum atomic E-state index is 11.2. The van der Waals surface area contributed by atoms with E-state index in [9.17, 15) is 9.59 Å². The van der Waals surface area contributed by atoms with E-state index in [0.717, 1.165) is 27.6 Å². The Hall–Kier alpha value is -2.59. The molecule has 176 valence electrons. The van der Waals surface area contributed by atoms with E-state index in [2.05, 4.69) is 44.8 Å². The van der Waals surface area contributed by atoms with Crippen LogP contribution in [0.2, 0.25) is 0 Å². The fraction of sp³-hybridized carbons (Fsp3) is 0.462. The molecule has 1 N–H and O–H groups in total. The summed E-state index contributed by atoms with van der Waals surface area (Å²) in [6, 6.07) is 7.76. The first-order valence-corrected chi connectivity index (χ1v) is 12.8. The van der Waals surface area contributed by atoms with E-state index in [4.69, 9.17) is 14.6 Å². The predicted molar refractivity (Wildman–Crippen MR) is 129 cm³/mol. The molecule has 1 aromatic heterocycles. The van der Waals surface area contributed by atoms with Crippen molar-refractivity contribution >= 4 is 35.9 Å². The molecule has 1 aliphatic rings. The molecule has 0 spiro atoms. The molecule has 0 fully saturated rings. The van der Waals surface area contributed by atoms with E-state index >= 15 is 0 Å². The fourth-order valence-electron chi connectivity index (χ4n) is 4.03. The molecule has 1 heterocycles. The van der Waals surface area contributed by atoms with Crippen LogP contribution in [0.15, 0.2) is 36.2 Å². The molecule has 7 heteroatoms. The second kappa shape index (κ2) is 10.1. The molecule has 0 bridgehead atoms. The van der Waals surface area contributed by atoms with Gasteiger partial charge in [-0.15, -0.1) is 0 Å². The van der Waals surface area contributed by atoms with Crippen LogP contribution in [0.3, 0.4) is 0 Å². The molecule has 0 amide bonds. The number of aromatic nitrogens is 1. The zero-order chi connectivity index (χ0) is 24.2. The number of hydrogen-bond donors (Lipinski definition) is 1. The van der Waals surface area contributed by atoms with Gasteiger partial charge in [-0.2, -0.15) is 0 Å². The van der Waals surface area contributed by atoms with E-state index in [1.807, 2.05) is 12.9 Å². The van der Waals surface area contributed by atoms with Crippen molar-refractivity contribution in [1.82, 2.24) is 4.98 Å². The van der Waals surface area contributed by atoms with Gasteiger partial charge in [-0.3, -0.25) is 0 Å². The molecular weight excluding hydrogens is 485 g/mol. The molecule has 6 nitrogen and oxygen atoms in total. The molecule has 0 atom stereocenters. The Morgan fingerprint density at radius 1 is 1.15 bits per heavy atom. The van der Waals surface area contributed by atoms with Crippen LogP contribution in [-0.4, -0.2) is 50.2 Å². The molecule has 2 aromatic rings. The van der Waals surface area contributed by atoms with Gasteiger partial charge in [0, 0.05) is 0 Å². The first-order valence-electron chi connectivity index (χ1n) is 11.1. The quantitative estimate of drug-likeness (QED) is 0.313. The number of aromatic carboxylic acids is 1. The Labute approximate surface area is 201 Å². The number of nitrogens with zero attached hydrogens (tertiary/aromatic N) is 1. The molecule has 0 radical (unpaired) electrons. The third-order valence-corrected chi connectivity index (χ3v) is 8.21. The summed E-state index contributed by atoms with van der Waals surface area (Å²) in [5, 5.41) is 9.15. The molecule has 1 aromatic carbocycles. The van der Waals surface area contributed by atoms with Gasteiger partial charge in [0.1, 0.15) is 0 Å². The van der Waals surface area contributed by atoms with Crippen molar-refractivity contribution < 1.29 is 24.2 Å². The number of carbonyl (C=O) groups is 1. The average molecular weight is 516 g/mol. The normalized spacial score (nSPS) is 15.8. The van der Waals surface area contributed by atoms with E-state index < -0.39 is 5.97 Å². The van der Waals surface area contributed by atoms with Crippen molar-refractivity contribution in [1.29, 1.82) is 0 Å². The van der Waals surface area contributed by atoms with Crippen LogP contribution in [0.25, 0.3) is 0 Å². The minimum atomic E-state index is -0.989. The monoisotopic (exact) mass is 517 g/mol. The molecule has 0 saturated heterocycles. The van der Waals surface area contributed by atoms with Crippen molar-refractivity contribution in [3.63, 3.8) is 0 Å². The van der Waals surface area contributed by atoms with Crippen LogP contribution in [0, 0.1) is 0 Å². The summed E-state index contributed by atoms with van der Waals surface area (Å²) < 4.78 is 13.4. The average Bonchev–Trinajstić information content (AvgIpc) is 2.77. The number of carboxylic acid groups (broad SMARTS) is 1. The van der Waals surface area contributed by atoms with Gasteiger partial charge in [0.15, 0.2) is 0 Å². The van der Waals surface area contributed by atoms with E-state index in [0.29, 0.717) is 19.6 Å². The van der Waals surface area contributed by atoms with E-state index in [1.54, 1.807) is 12.1 Å². The van der Waals surface area contributed by atoms with Crippen LogP contribution >= 0.6 is 0 Å². The summed E-state index contributed by atoms with van der Waals surface area (Å²) in [6.45, 7) is 11.6. The zero-order valence-electron chi connectivity index (χ0n) is 19.9. The number of carbonyl (C=O) groups excluding carboxylic acids is 1. The van der Waals surface area contributed by atoms with Gasteiger partial charge in [-0.1, -0.05) is 0 Å². The van der Waals surface area contributed by atoms with E-state index in [1.165, 1.54) is 17.3 Å². The van der Waals surface area contributed by atoms with Crippen LogP contribution in [0.1, 0.15) is 75.4 Å². The number of benzene rings is 1. The molecule has 0 saturated carbocycles. The summed E-state index contributed by atoms with van der Waals surface area (Å²) >= 11 is -0.178. The van der Waals surface area contributed by atoms with Gasteiger partial charge in [0.05, 0.1) is 0 Å². The predicted octanol–water partition coefficient (Wildman–Crippen LogP) is 3.30. The molecule has 33 heavy (non-hydrogen) atoms. The topological polar surface area (TPSA) is 85.7 Å². The standard InChI is InChI=1S/C26H31NO5Se/c1-6-31-18(16-28)9-12-32-21-13-19-20(26(4,5)11-10-25(19,2)3)14-22(21)33-23-8-7-17(15-27-23)24(29)30/h7-8,13-15H,6,9-12H2,1-5H3,(H,29,30). The van der Waals surface area contributed by atoms with Gasteiger partial charge in [0.25, 0.3) is 0 Å². The van der Waals surface area contributed by atoms with Gasteiger partial charge in [0.2, 0.25) is 0 Å². The number of pyridine rings is 1. The molecule has 0 aliphatic heterocycles. The van der Waals surface area contributed by atoms with Crippen molar-refractivity contribution in [3.05, 3.63) is 52.9 Å². The van der Waals surface area contributed by atoms with Crippen molar-refractivity contribution in [2.45, 2.75) is 64.7 Å². The summed E-state index contributed by atoms with van der Waals surface area (Å²) in [6.07, 6.45) is 3.94. The molecule has 0 unspecified atom stereocenters. The van der Waals surface area contributed by atoms with Crippen LogP contribution in [0.5, 0.6) is 5.75 Å². The first kappa shape index (κ1) is 25.0. The Morgan fingerprint density at radius 2 is 1.82 bits per heavy atom. The van der Waals surface area contributed by atoms with Gasteiger partial charge in [-0.25, -0.2) is 0 Å². The Balaban J connectivity index is 1.97. The van der Waals surface area contributed by atoms with Crippen LogP contribution < -0.4 is 13.8 Å². The number of fused-ring (bicyclic) bond motifs is 1. The minimum absolute atomic E-state index is 0.0368. The summed E-state index contributed by atoms with van der Waals surface area (Å²) in [7, 11) is 0. The van der Waals surface area contributed by atoms with Gasteiger partial charge in [-0.05, 0) is 0 Å². The number of hydrogen-bond acceptors (Lipinski definition) is 5. The summed E-state index contributed by atoms with van der Waals surface area (Å²) in [5.74, 6) is 1.90. The first-order chi connectivity index (χ1) is 15.6. The van der Waals surface area contributed by atoms with Crippen molar-refractivity contribution in [2.75, 3.05) is 13.2 Å². The molecule has 3 rings (SSSR count). The fourth-order valence-corrected chi connectivity index (χ4v) is 5.84. The third-order valence-electron chi connectivity index (χ3n) is 6.13. The Bertz CT molecular complexity index is 1070. The second-order valence-corrected chi connectivity index (χ2v) is 11.7. The number of ether oxygens (including phenoxy) is 2. The van der Waals surface area contributed by atoms with E-state index in [-0.39, 0.29) is 37.1 Å². The summed E-state index contributed by atoms with van der Waals surface area (Å²) in [5.41, 5.74) is 2.88. The Morgan fingerprint density at radius 3 is 2.36 bits per heavy atom. The third kappa shape index (κ3) is 5.86. The van der Waals surface area contributed by atoms with Gasteiger partial charge >= 0.3 is 202 Å². The SMILES string of the molecule is CCOC(=C=O)CCOc1cc2c(cc1[Se]c1ccc(C(=O)O)cn1)C(C)(C)CCC2(C)C. The summed E-state index contributed by atoms with van der Waals surface area (Å²) in [4.78, 5) is 26.6. The number of rotatable bonds is 9. The molecular formula is C26H31NO5Se. The van der Waals surface area contributed by atoms with Crippen LogP contribution in [-0.2, 0) is 20.4 Å². The molecule has 1 aliphatic carbocycles. The van der Waals surface area contributed by atoms with Gasteiger partial charge < -0.3 is 0 Å².